The summed E-state index contributed by atoms with van der Waals surface area (Å²) < 4.78 is 5.27. The minimum absolute atomic E-state index is 0.0271. The van der Waals surface area contributed by atoms with Crippen LogP contribution >= 0.6 is 0 Å². The average Bonchev–Trinajstić information content (AvgIpc) is 2.48. The van der Waals surface area contributed by atoms with Gasteiger partial charge in [-0.15, -0.1) is 0 Å². The van der Waals surface area contributed by atoms with Gasteiger partial charge in [-0.1, -0.05) is 19.4 Å². The number of nitriles is 1. The fourth-order valence-corrected chi connectivity index (χ4v) is 1.68. The molecule has 5 heteroatoms. The molecule has 0 spiro atoms. The van der Waals surface area contributed by atoms with Crippen molar-refractivity contribution in [3.63, 3.8) is 0 Å². The molecule has 0 heterocycles. The normalized spacial score (nSPS) is 10.8. The Morgan fingerprint density at radius 3 is 2.86 bits per heavy atom. The van der Waals surface area contributed by atoms with Gasteiger partial charge in [-0.05, 0) is 37.1 Å². The van der Waals surface area contributed by atoms with Gasteiger partial charge >= 0.3 is 0 Å². The highest BCUT2D eigenvalue weighted by molar-refractivity contribution is 6.01. The molecule has 2 N–H and O–H groups in total. The highest BCUT2D eigenvalue weighted by atomic mass is 16.5. The minimum atomic E-state index is -0.392. The van der Waals surface area contributed by atoms with Gasteiger partial charge in [0.05, 0.1) is 6.61 Å². The number of hydrogen-bond donors (Lipinski definition) is 2. The summed E-state index contributed by atoms with van der Waals surface area (Å²) in [5.74, 6) is -0.0354. The molecule has 0 aliphatic heterocycles. The fourth-order valence-electron chi connectivity index (χ4n) is 1.68. The number of hydrogen-bond acceptors (Lipinski definition) is 4. The molecule has 0 bridgehead atoms. The van der Waals surface area contributed by atoms with E-state index in [1.807, 2.05) is 19.9 Å². The van der Waals surface area contributed by atoms with Crippen molar-refractivity contribution in [1.29, 1.82) is 5.26 Å². The van der Waals surface area contributed by atoms with Gasteiger partial charge in [-0.3, -0.25) is 4.79 Å². The Morgan fingerprint density at radius 1 is 1.48 bits per heavy atom. The van der Waals surface area contributed by atoms with Gasteiger partial charge in [0, 0.05) is 6.54 Å². The van der Waals surface area contributed by atoms with Crippen molar-refractivity contribution in [2.45, 2.75) is 26.7 Å². The smallest absolute Gasteiger partial charge is 0.261 e. The van der Waals surface area contributed by atoms with Crippen molar-refractivity contribution in [2.24, 2.45) is 0 Å². The molecule has 112 valence electrons. The Bertz CT molecular complexity index is 559. The standard InChI is InChI=1S/C16H20N2O3/c1-3-5-8-18-16(20)13(11-17)9-12-6-7-14(19)15(10-12)21-4-2/h6-7,9-10,19H,3-5,8H2,1-2H3,(H,18,20). The summed E-state index contributed by atoms with van der Waals surface area (Å²) in [6, 6.07) is 6.57. The van der Waals surface area contributed by atoms with Gasteiger partial charge in [0.1, 0.15) is 11.6 Å². The molecule has 0 aliphatic rings. The first kappa shape index (κ1) is 16.6. The highest BCUT2D eigenvalue weighted by Crippen LogP contribution is 2.27. The lowest BCUT2D eigenvalue weighted by atomic mass is 10.1. The van der Waals surface area contributed by atoms with Crippen LogP contribution in [0, 0.1) is 11.3 Å². The van der Waals surface area contributed by atoms with E-state index in [1.54, 1.807) is 12.1 Å². The van der Waals surface area contributed by atoms with E-state index in [1.165, 1.54) is 12.1 Å². The number of benzene rings is 1. The molecule has 0 aromatic heterocycles. The van der Waals surface area contributed by atoms with E-state index >= 15 is 0 Å². The molecule has 1 aromatic rings. The largest absolute Gasteiger partial charge is 0.504 e. The number of carbonyl (C=O) groups is 1. The summed E-state index contributed by atoms with van der Waals surface area (Å²) in [6.07, 6.45) is 3.32. The van der Waals surface area contributed by atoms with E-state index in [0.717, 1.165) is 12.8 Å². The van der Waals surface area contributed by atoms with Crippen LogP contribution in [0.1, 0.15) is 32.3 Å². The molecule has 1 amide bonds. The number of nitrogens with zero attached hydrogens (tertiary/aromatic N) is 1. The van der Waals surface area contributed by atoms with Crippen molar-refractivity contribution >= 4 is 12.0 Å². The Kier molecular flexibility index (Phi) is 6.82. The Hall–Kier alpha value is -2.48. The minimum Gasteiger partial charge on any atom is -0.504 e. The molecular weight excluding hydrogens is 268 g/mol. The predicted molar refractivity (Wildman–Crippen MR) is 80.8 cm³/mol. The number of rotatable bonds is 7. The predicted octanol–water partition coefficient (Wildman–Crippen LogP) is 2.61. The molecule has 21 heavy (non-hydrogen) atoms. The van der Waals surface area contributed by atoms with Crippen molar-refractivity contribution in [3.8, 4) is 17.6 Å². The number of unbranched alkanes of at least 4 members (excludes halogenated alkanes) is 1. The summed E-state index contributed by atoms with van der Waals surface area (Å²) in [5.41, 5.74) is 0.651. The second-order valence-corrected chi connectivity index (χ2v) is 4.44. The molecule has 1 rings (SSSR count). The maximum Gasteiger partial charge on any atom is 0.261 e. The van der Waals surface area contributed by atoms with E-state index < -0.39 is 5.91 Å². The molecule has 0 fully saturated rings. The third kappa shape index (κ3) is 5.19. The van der Waals surface area contributed by atoms with Gasteiger partial charge < -0.3 is 15.2 Å². The Labute approximate surface area is 124 Å². The van der Waals surface area contributed by atoms with Crippen LogP contribution in [-0.2, 0) is 4.79 Å². The Morgan fingerprint density at radius 2 is 2.24 bits per heavy atom. The lowest BCUT2D eigenvalue weighted by Gasteiger charge is -2.07. The summed E-state index contributed by atoms with van der Waals surface area (Å²) in [5, 5.41) is 21.4. The number of nitrogens with one attached hydrogen (secondary N) is 1. The monoisotopic (exact) mass is 288 g/mol. The highest BCUT2D eigenvalue weighted by Gasteiger charge is 2.09. The van der Waals surface area contributed by atoms with Crippen molar-refractivity contribution < 1.29 is 14.6 Å². The third-order valence-corrected chi connectivity index (χ3v) is 2.78. The quantitative estimate of drug-likeness (QED) is 0.459. The van der Waals surface area contributed by atoms with E-state index in [2.05, 4.69) is 5.32 Å². The number of ether oxygens (including phenoxy) is 1. The van der Waals surface area contributed by atoms with Crippen LogP contribution in [0.2, 0.25) is 0 Å². The molecule has 0 saturated carbocycles. The van der Waals surface area contributed by atoms with Crippen LogP contribution in [0.15, 0.2) is 23.8 Å². The molecule has 0 unspecified atom stereocenters. The van der Waals surface area contributed by atoms with Crippen LogP contribution in [-0.4, -0.2) is 24.2 Å². The molecule has 1 aromatic carbocycles. The maximum atomic E-state index is 11.8. The van der Waals surface area contributed by atoms with Crippen LogP contribution in [0.4, 0.5) is 0 Å². The average molecular weight is 288 g/mol. The van der Waals surface area contributed by atoms with Gasteiger partial charge in [0.15, 0.2) is 11.5 Å². The number of phenolic OH excluding ortho intramolecular Hbond substituents is 1. The van der Waals surface area contributed by atoms with Crippen molar-refractivity contribution in [1.82, 2.24) is 5.32 Å². The lowest BCUT2D eigenvalue weighted by molar-refractivity contribution is -0.117. The zero-order valence-corrected chi connectivity index (χ0v) is 12.3. The zero-order chi connectivity index (χ0) is 15.7. The van der Waals surface area contributed by atoms with Gasteiger partial charge in [-0.25, -0.2) is 0 Å². The van der Waals surface area contributed by atoms with Crippen LogP contribution in [0.5, 0.6) is 11.5 Å². The van der Waals surface area contributed by atoms with Crippen LogP contribution in [0.3, 0.4) is 0 Å². The van der Waals surface area contributed by atoms with E-state index in [9.17, 15) is 9.90 Å². The topological polar surface area (TPSA) is 82.4 Å². The SMILES string of the molecule is CCCCNC(=O)C(C#N)=Cc1ccc(O)c(OCC)c1. The lowest BCUT2D eigenvalue weighted by Crippen LogP contribution is -2.25. The second kappa shape index (κ2) is 8.64. The van der Waals surface area contributed by atoms with Crippen molar-refractivity contribution in [3.05, 3.63) is 29.3 Å². The summed E-state index contributed by atoms with van der Waals surface area (Å²) in [4.78, 5) is 11.8. The molecule has 0 radical (unpaired) electrons. The molecule has 5 nitrogen and oxygen atoms in total. The second-order valence-electron chi connectivity index (χ2n) is 4.44. The van der Waals surface area contributed by atoms with Crippen LogP contribution < -0.4 is 10.1 Å². The van der Waals surface area contributed by atoms with Gasteiger partial charge in [0.25, 0.3) is 5.91 Å². The number of aromatic hydroxyl groups is 1. The van der Waals surface area contributed by atoms with E-state index in [-0.39, 0.29) is 11.3 Å². The van der Waals surface area contributed by atoms with E-state index in [4.69, 9.17) is 10.00 Å². The molecule has 0 saturated heterocycles. The molecule has 0 aliphatic carbocycles. The maximum absolute atomic E-state index is 11.8. The molecule has 0 atom stereocenters. The summed E-state index contributed by atoms with van der Waals surface area (Å²) in [6.45, 7) is 4.81. The first-order chi connectivity index (χ1) is 10.1. The van der Waals surface area contributed by atoms with Crippen molar-refractivity contribution in [2.75, 3.05) is 13.2 Å². The zero-order valence-electron chi connectivity index (χ0n) is 12.3. The summed E-state index contributed by atoms with van der Waals surface area (Å²) in [7, 11) is 0. The Balaban J connectivity index is 2.90. The fraction of sp³-hybridized carbons (Fsp3) is 0.375. The number of phenols is 1. The number of amides is 1. The van der Waals surface area contributed by atoms with Gasteiger partial charge in [-0.2, -0.15) is 5.26 Å². The number of carbonyl (C=O) groups excluding carboxylic acids is 1. The van der Waals surface area contributed by atoms with E-state index in [0.29, 0.717) is 24.5 Å². The first-order valence-electron chi connectivity index (χ1n) is 6.98. The van der Waals surface area contributed by atoms with Gasteiger partial charge in [0.2, 0.25) is 0 Å². The third-order valence-electron chi connectivity index (χ3n) is 2.78. The molecular formula is C16H20N2O3. The van der Waals surface area contributed by atoms with Crippen LogP contribution in [0.25, 0.3) is 6.08 Å². The first-order valence-corrected chi connectivity index (χ1v) is 6.98. The summed E-state index contributed by atoms with van der Waals surface area (Å²) >= 11 is 0.